The van der Waals surface area contributed by atoms with E-state index in [1.54, 1.807) is 0 Å². The first kappa shape index (κ1) is 15.6. The molecule has 2 rings (SSSR count). The van der Waals surface area contributed by atoms with Crippen LogP contribution in [0.2, 0.25) is 0 Å². The van der Waals surface area contributed by atoms with Gasteiger partial charge in [-0.2, -0.15) is 0 Å². The Balaban J connectivity index is 2.14. The minimum Gasteiger partial charge on any atom is -0.457 e. The average Bonchev–Trinajstić information content (AvgIpc) is 2.49. The van der Waals surface area contributed by atoms with Crippen LogP contribution in [-0.2, 0) is 13.0 Å². The maximum atomic E-state index is 6.05. The van der Waals surface area contributed by atoms with Crippen LogP contribution in [0.5, 0.6) is 11.5 Å². The maximum Gasteiger partial charge on any atom is 0.131 e. The molecule has 2 aromatic rings. The van der Waals surface area contributed by atoms with Crippen LogP contribution >= 0.6 is 0 Å². The molecule has 0 unspecified atom stereocenters. The van der Waals surface area contributed by atoms with Crippen molar-refractivity contribution in [1.29, 1.82) is 0 Å². The van der Waals surface area contributed by atoms with Crippen LogP contribution in [0.15, 0.2) is 42.5 Å². The summed E-state index contributed by atoms with van der Waals surface area (Å²) in [6, 6.07) is 14.7. The fourth-order valence-electron chi connectivity index (χ4n) is 2.35. The standard InChI is InChI=1S/C19H25NO/c1-4-6-16-8-10-18(11-9-16)21-19-12-7-15(3)13-17(19)14-20-5-2/h7-13,20H,4-6,14H2,1-3H3. The summed E-state index contributed by atoms with van der Waals surface area (Å²) in [6.07, 6.45) is 2.29. The maximum absolute atomic E-state index is 6.05. The van der Waals surface area contributed by atoms with Gasteiger partial charge in [-0.15, -0.1) is 0 Å². The highest BCUT2D eigenvalue weighted by Gasteiger charge is 2.05. The van der Waals surface area contributed by atoms with E-state index in [-0.39, 0.29) is 0 Å². The van der Waals surface area contributed by atoms with Gasteiger partial charge in [0.05, 0.1) is 0 Å². The van der Waals surface area contributed by atoms with Crippen molar-refractivity contribution in [2.24, 2.45) is 0 Å². The van der Waals surface area contributed by atoms with Crippen LogP contribution in [-0.4, -0.2) is 6.54 Å². The molecule has 0 aliphatic heterocycles. The fraction of sp³-hybridized carbons (Fsp3) is 0.368. The Hall–Kier alpha value is -1.80. The van der Waals surface area contributed by atoms with Crippen molar-refractivity contribution in [2.45, 2.75) is 40.2 Å². The quantitative estimate of drug-likeness (QED) is 0.784. The van der Waals surface area contributed by atoms with E-state index < -0.39 is 0 Å². The van der Waals surface area contributed by atoms with Crippen LogP contribution in [0.3, 0.4) is 0 Å². The molecule has 0 atom stereocenters. The van der Waals surface area contributed by atoms with Crippen molar-refractivity contribution in [1.82, 2.24) is 5.32 Å². The number of rotatable bonds is 7. The minimum absolute atomic E-state index is 0.835. The van der Waals surface area contributed by atoms with Gasteiger partial charge in [0.2, 0.25) is 0 Å². The van der Waals surface area contributed by atoms with Crippen LogP contribution in [0, 0.1) is 6.92 Å². The SMILES string of the molecule is CCCc1ccc(Oc2ccc(C)cc2CNCC)cc1. The van der Waals surface area contributed by atoms with Gasteiger partial charge in [-0.3, -0.25) is 0 Å². The smallest absolute Gasteiger partial charge is 0.131 e. The van der Waals surface area contributed by atoms with Gasteiger partial charge in [-0.25, -0.2) is 0 Å². The molecule has 2 aromatic carbocycles. The molecule has 2 nitrogen and oxygen atoms in total. The molecule has 21 heavy (non-hydrogen) atoms. The van der Waals surface area contributed by atoms with Gasteiger partial charge in [0.15, 0.2) is 0 Å². The molecule has 0 radical (unpaired) electrons. The second-order valence-electron chi connectivity index (χ2n) is 5.39. The summed E-state index contributed by atoms with van der Waals surface area (Å²) in [6.45, 7) is 8.21. The number of hydrogen-bond donors (Lipinski definition) is 1. The van der Waals surface area contributed by atoms with Gasteiger partial charge in [-0.05, 0) is 43.7 Å². The number of nitrogens with one attached hydrogen (secondary N) is 1. The third kappa shape index (κ3) is 4.61. The van der Waals surface area contributed by atoms with Gasteiger partial charge in [0.25, 0.3) is 0 Å². The molecule has 0 aromatic heterocycles. The monoisotopic (exact) mass is 283 g/mol. The molecule has 0 saturated carbocycles. The van der Waals surface area contributed by atoms with Gasteiger partial charge >= 0.3 is 0 Å². The third-order valence-corrected chi connectivity index (χ3v) is 3.47. The zero-order valence-corrected chi connectivity index (χ0v) is 13.3. The Morgan fingerprint density at radius 1 is 1.00 bits per heavy atom. The first-order valence-electron chi connectivity index (χ1n) is 7.80. The summed E-state index contributed by atoms with van der Waals surface area (Å²) in [5.41, 5.74) is 3.82. The van der Waals surface area contributed by atoms with Crippen molar-refractivity contribution >= 4 is 0 Å². The lowest BCUT2D eigenvalue weighted by Crippen LogP contribution is -2.12. The molecule has 0 bridgehead atoms. The van der Waals surface area contributed by atoms with Gasteiger partial charge < -0.3 is 10.1 Å². The summed E-state index contributed by atoms with van der Waals surface area (Å²) in [7, 11) is 0. The van der Waals surface area contributed by atoms with E-state index in [9.17, 15) is 0 Å². The van der Waals surface area contributed by atoms with Crippen molar-refractivity contribution in [3.63, 3.8) is 0 Å². The van der Waals surface area contributed by atoms with Crippen molar-refractivity contribution in [3.8, 4) is 11.5 Å². The van der Waals surface area contributed by atoms with E-state index in [1.807, 2.05) is 0 Å². The van der Waals surface area contributed by atoms with Gasteiger partial charge in [0, 0.05) is 12.1 Å². The Labute approximate surface area is 128 Å². The fourth-order valence-corrected chi connectivity index (χ4v) is 2.35. The highest BCUT2D eigenvalue weighted by atomic mass is 16.5. The lowest BCUT2D eigenvalue weighted by Gasteiger charge is -2.13. The van der Waals surface area contributed by atoms with E-state index in [0.29, 0.717) is 0 Å². The van der Waals surface area contributed by atoms with E-state index in [4.69, 9.17) is 4.74 Å². The number of hydrogen-bond acceptors (Lipinski definition) is 2. The molecule has 0 heterocycles. The molecule has 0 aliphatic carbocycles. The number of ether oxygens (including phenoxy) is 1. The molecule has 0 amide bonds. The molecular formula is C19H25NO. The number of benzene rings is 2. The average molecular weight is 283 g/mol. The molecule has 112 valence electrons. The van der Waals surface area contributed by atoms with Gasteiger partial charge in [0.1, 0.15) is 11.5 Å². The largest absolute Gasteiger partial charge is 0.457 e. The molecule has 0 fully saturated rings. The summed E-state index contributed by atoms with van der Waals surface area (Å²) < 4.78 is 6.05. The van der Waals surface area contributed by atoms with Crippen LogP contribution in [0.25, 0.3) is 0 Å². The highest BCUT2D eigenvalue weighted by molar-refractivity contribution is 5.40. The Morgan fingerprint density at radius 2 is 1.76 bits per heavy atom. The van der Waals surface area contributed by atoms with E-state index in [0.717, 1.165) is 31.0 Å². The predicted molar refractivity (Wildman–Crippen MR) is 89.1 cm³/mol. The van der Waals surface area contributed by atoms with Crippen LogP contribution in [0.1, 0.15) is 37.0 Å². The minimum atomic E-state index is 0.835. The van der Waals surface area contributed by atoms with Crippen molar-refractivity contribution in [2.75, 3.05) is 6.54 Å². The topological polar surface area (TPSA) is 21.3 Å². The summed E-state index contributed by atoms with van der Waals surface area (Å²) in [5, 5.41) is 3.36. The number of aryl methyl sites for hydroxylation is 2. The van der Waals surface area contributed by atoms with Crippen molar-refractivity contribution < 1.29 is 4.74 Å². The first-order chi connectivity index (χ1) is 10.2. The molecule has 2 heteroatoms. The van der Waals surface area contributed by atoms with Crippen molar-refractivity contribution in [3.05, 3.63) is 59.2 Å². The van der Waals surface area contributed by atoms with Crippen LogP contribution < -0.4 is 10.1 Å². The Morgan fingerprint density at radius 3 is 2.43 bits per heavy atom. The molecule has 0 saturated heterocycles. The summed E-state index contributed by atoms with van der Waals surface area (Å²) in [5.74, 6) is 1.83. The second kappa shape index (κ2) is 7.84. The van der Waals surface area contributed by atoms with Gasteiger partial charge in [-0.1, -0.05) is 50.1 Å². The molecular weight excluding hydrogens is 258 g/mol. The predicted octanol–water partition coefficient (Wildman–Crippen LogP) is 4.85. The highest BCUT2D eigenvalue weighted by Crippen LogP contribution is 2.26. The normalized spacial score (nSPS) is 10.6. The summed E-state index contributed by atoms with van der Waals surface area (Å²) in [4.78, 5) is 0. The lowest BCUT2D eigenvalue weighted by atomic mass is 10.1. The molecule has 0 spiro atoms. The zero-order valence-electron chi connectivity index (χ0n) is 13.3. The first-order valence-corrected chi connectivity index (χ1v) is 7.80. The van der Waals surface area contributed by atoms with E-state index >= 15 is 0 Å². The Bertz CT molecular complexity index is 560. The molecule has 1 N–H and O–H groups in total. The molecule has 0 aliphatic rings. The van der Waals surface area contributed by atoms with E-state index in [1.165, 1.54) is 23.1 Å². The van der Waals surface area contributed by atoms with E-state index in [2.05, 4.69) is 68.6 Å². The zero-order chi connectivity index (χ0) is 15.1. The third-order valence-electron chi connectivity index (χ3n) is 3.47. The lowest BCUT2D eigenvalue weighted by molar-refractivity contribution is 0.473. The summed E-state index contributed by atoms with van der Waals surface area (Å²) >= 11 is 0. The Kier molecular flexibility index (Phi) is 5.82. The second-order valence-corrected chi connectivity index (χ2v) is 5.39. The van der Waals surface area contributed by atoms with Crippen LogP contribution in [0.4, 0.5) is 0 Å².